The summed E-state index contributed by atoms with van der Waals surface area (Å²) in [6, 6.07) is 21.3. The number of hydrogen-bond donors (Lipinski definition) is 1. The number of sulfonamides is 2. The van der Waals surface area contributed by atoms with Crippen LogP contribution in [0, 0.1) is 13.8 Å². The second kappa shape index (κ2) is 11.5. The molecular formula is C29H36N2O4S2. The van der Waals surface area contributed by atoms with Gasteiger partial charge in [-0.05, 0) is 81.3 Å². The third kappa shape index (κ3) is 6.32. The Morgan fingerprint density at radius 2 is 1.32 bits per heavy atom. The molecule has 1 aliphatic rings. The van der Waals surface area contributed by atoms with Crippen molar-refractivity contribution in [3.63, 3.8) is 0 Å². The Balaban J connectivity index is 1.58. The largest absolute Gasteiger partial charge is 0.311 e. The van der Waals surface area contributed by atoms with Gasteiger partial charge in [-0.15, -0.1) is 0 Å². The molecule has 3 aromatic carbocycles. The first-order chi connectivity index (χ1) is 17.6. The van der Waals surface area contributed by atoms with Crippen LogP contribution in [-0.2, 0) is 32.9 Å². The first-order valence-electron chi connectivity index (χ1n) is 12.9. The number of rotatable bonds is 10. The number of benzene rings is 3. The SMILES string of the molecule is CCC(CCN(S(=O)(=O)c1ccc(C)cc1)S(=O)(=O)c1ccc(C)cc1)NC1CCc2ccccc2C1. The van der Waals surface area contributed by atoms with E-state index in [0.717, 1.165) is 36.8 Å². The Labute approximate surface area is 221 Å². The van der Waals surface area contributed by atoms with E-state index in [0.29, 0.717) is 10.1 Å². The highest BCUT2D eigenvalue weighted by molar-refractivity contribution is 8.04. The van der Waals surface area contributed by atoms with Crippen molar-refractivity contribution in [3.8, 4) is 0 Å². The summed E-state index contributed by atoms with van der Waals surface area (Å²) in [5, 5.41) is 3.68. The molecule has 3 aromatic rings. The first-order valence-corrected chi connectivity index (χ1v) is 15.7. The number of nitrogens with one attached hydrogen (secondary N) is 1. The maximum Gasteiger partial charge on any atom is 0.256 e. The lowest BCUT2D eigenvalue weighted by molar-refractivity contribution is 0.358. The van der Waals surface area contributed by atoms with Crippen molar-refractivity contribution in [2.24, 2.45) is 0 Å². The Morgan fingerprint density at radius 3 is 1.84 bits per heavy atom. The van der Waals surface area contributed by atoms with Gasteiger partial charge < -0.3 is 5.32 Å². The molecule has 0 aromatic heterocycles. The minimum Gasteiger partial charge on any atom is -0.311 e. The van der Waals surface area contributed by atoms with Crippen LogP contribution < -0.4 is 5.32 Å². The molecular weight excluding hydrogens is 504 g/mol. The summed E-state index contributed by atoms with van der Waals surface area (Å²) in [5.41, 5.74) is 4.52. The minimum absolute atomic E-state index is 0.0146. The van der Waals surface area contributed by atoms with Gasteiger partial charge in [0.05, 0.1) is 9.79 Å². The highest BCUT2D eigenvalue weighted by atomic mass is 32.3. The van der Waals surface area contributed by atoms with Crippen molar-refractivity contribution in [2.75, 3.05) is 6.54 Å². The van der Waals surface area contributed by atoms with Gasteiger partial charge in [-0.2, -0.15) is 0 Å². The Morgan fingerprint density at radius 1 is 0.811 bits per heavy atom. The van der Waals surface area contributed by atoms with Crippen LogP contribution in [0.3, 0.4) is 0 Å². The molecule has 37 heavy (non-hydrogen) atoms. The van der Waals surface area contributed by atoms with Crippen molar-refractivity contribution in [1.29, 1.82) is 0 Å². The fourth-order valence-corrected chi connectivity index (χ4v) is 8.54. The van der Waals surface area contributed by atoms with Crippen molar-refractivity contribution < 1.29 is 16.8 Å². The smallest absolute Gasteiger partial charge is 0.256 e. The molecule has 0 amide bonds. The molecule has 0 fully saturated rings. The second-order valence-electron chi connectivity index (χ2n) is 9.90. The Kier molecular flexibility index (Phi) is 8.53. The lowest BCUT2D eigenvalue weighted by Crippen LogP contribution is -2.44. The zero-order valence-corrected chi connectivity index (χ0v) is 23.4. The third-order valence-corrected chi connectivity index (χ3v) is 11.5. The standard InChI is InChI=1S/C29H36N2O4S2/c1-4-26(30-27-14-13-24-7-5-6-8-25(24)21-27)19-20-31(36(32,33)28-15-9-22(2)10-16-28)37(34,35)29-17-11-23(3)12-18-29/h5-12,15-18,26-27,30H,4,13-14,19-21H2,1-3H3. The van der Waals surface area contributed by atoms with Gasteiger partial charge in [0, 0.05) is 18.6 Å². The summed E-state index contributed by atoms with van der Waals surface area (Å²) in [4.78, 5) is -0.0580. The molecule has 1 aliphatic carbocycles. The fraction of sp³-hybridized carbons (Fsp3) is 0.379. The van der Waals surface area contributed by atoms with Gasteiger partial charge in [0.25, 0.3) is 20.0 Å². The van der Waals surface area contributed by atoms with Crippen LogP contribution in [0.25, 0.3) is 0 Å². The summed E-state index contributed by atoms with van der Waals surface area (Å²) in [5.74, 6) is 0. The molecule has 0 saturated heterocycles. The number of hydrogen-bond acceptors (Lipinski definition) is 5. The van der Waals surface area contributed by atoms with E-state index < -0.39 is 20.0 Å². The zero-order chi connectivity index (χ0) is 26.6. The van der Waals surface area contributed by atoms with Crippen LogP contribution in [0.5, 0.6) is 0 Å². The van der Waals surface area contributed by atoms with Gasteiger partial charge >= 0.3 is 0 Å². The lowest BCUT2D eigenvalue weighted by Gasteiger charge is -2.30. The van der Waals surface area contributed by atoms with E-state index in [1.54, 1.807) is 24.3 Å². The van der Waals surface area contributed by atoms with Crippen LogP contribution in [0.1, 0.15) is 48.4 Å². The second-order valence-corrected chi connectivity index (χ2v) is 13.9. The lowest BCUT2D eigenvalue weighted by atomic mass is 9.88. The van der Waals surface area contributed by atoms with E-state index in [1.165, 1.54) is 35.4 Å². The van der Waals surface area contributed by atoms with Crippen molar-refractivity contribution in [1.82, 2.24) is 9.03 Å². The van der Waals surface area contributed by atoms with E-state index >= 15 is 0 Å². The molecule has 8 heteroatoms. The van der Waals surface area contributed by atoms with E-state index in [4.69, 9.17) is 0 Å². The number of aryl methyl sites for hydroxylation is 3. The first kappa shape index (κ1) is 27.5. The summed E-state index contributed by atoms with van der Waals surface area (Å²) in [7, 11) is -8.59. The predicted molar refractivity (Wildman–Crippen MR) is 148 cm³/mol. The molecule has 0 aliphatic heterocycles. The fourth-order valence-electron chi connectivity index (χ4n) is 4.87. The number of fused-ring (bicyclic) bond motifs is 1. The molecule has 0 spiro atoms. The van der Waals surface area contributed by atoms with E-state index in [9.17, 15) is 16.8 Å². The van der Waals surface area contributed by atoms with Crippen LogP contribution in [-0.4, -0.2) is 39.2 Å². The average molecular weight is 541 g/mol. The highest BCUT2D eigenvalue weighted by Gasteiger charge is 2.37. The third-order valence-electron chi connectivity index (χ3n) is 7.15. The molecule has 0 saturated carbocycles. The quantitative estimate of drug-likeness (QED) is 0.391. The monoisotopic (exact) mass is 540 g/mol. The normalized spacial score (nSPS) is 16.9. The molecule has 198 valence electrons. The van der Waals surface area contributed by atoms with Crippen LogP contribution in [0.15, 0.2) is 82.6 Å². The van der Waals surface area contributed by atoms with Crippen LogP contribution >= 0.6 is 0 Å². The molecule has 1 N–H and O–H groups in total. The Bertz CT molecular complexity index is 1340. The van der Waals surface area contributed by atoms with Gasteiger partial charge in [0.2, 0.25) is 0 Å². The average Bonchev–Trinajstić information content (AvgIpc) is 2.88. The van der Waals surface area contributed by atoms with Gasteiger partial charge in [-0.25, -0.2) is 16.8 Å². The van der Waals surface area contributed by atoms with Crippen molar-refractivity contribution >= 4 is 20.0 Å². The highest BCUT2D eigenvalue weighted by Crippen LogP contribution is 2.27. The topological polar surface area (TPSA) is 83.6 Å². The molecule has 2 atom stereocenters. The van der Waals surface area contributed by atoms with Gasteiger partial charge in [0.1, 0.15) is 0 Å². The summed E-state index contributed by atoms with van der Waals surface area (Å²) < 4.78 is 55.4. The van der Waals surface area contributed by atoms with E-state index in [2.05, 4.69) is 29.6 Å². The molecule has 4 rings (SSSR count). The maximum atomic E-state index is 13.7. The summed E-state index contributed by atoms with van der Waals surface area (Å²) >= 11 is 0. The Hall–Kier alpha value is -2.52. The van der Waals surface area contributed by atoms with E-state index in [1.807, 2.05) is 20.8 Å². The van der Waals surface area contributed by atoms with Gasteiger partial charge in [0.15, 0.2) is 0 Å². The molecule has 6 nitrogen and oxygen atoms in total. The van der Waals surface area contributed by atoms with E-state index in [-0.39, 0.29) is 28.4 Å². The molecule has 2 unspecified atom stereocenters. The maximum absolute atomic E-state index is 13.7. The van der Waals surface area contributed by atoms with Crippen LogP contribution in [0.2, 0.25) is 0 Å². The molecule has 0 radical (unpaired) electrons. The van der Waals surface area contributed by atoms with Crippen molar-refractivity contribution in [3.05, 3.63) is 95.1 Å². The van der Waals surface area contributed by atoms with Crippen LogP contribution in [0.4, 0.5) is 0 Å². The minimum atomic E-state index is -4.29. The molecule has 0 bridgehead atoms. The number of nitrogens with zero attached hydrogens (tertiary/aromatic N) is 1. The zero-order valence-electron chi connectivity index (χ0n) is 21.7. The predicted octanol–water partition coefficient (Wildman–Crippen LogP) is 5.00. The summed E-state index contributed by atoms with van der Waals surface area (Å²) in [6.07, 6.45) is 4.06. The molecule has 0 heterocycles. The summed E-state index contributed by atoms with van der Waals surface area (Å²) in [6.45, 7) is 5.62. The van der Waals surface area contributed by atoms with Crippen molar-refractivity contribution in [2.45, 2.75) is 74.7 Å². The van der Waals surface area contributed by atoms with Gasteiger partial charge in [-0.1, -0.05) is 70.3 Å². The van der Waals surface area contributed by atoms with Gasteiger partial charge in [-0.3, -0.25) is 0 Å².